The molecule has 2 unspecified atom stereocenters. The summed E-state index contributed by atoms with van der Waals surface area (Å²) >= 11 is 0. The first-order chi connectivity index (χ1) is 12.6. The zero-order valence-corrected chi connectivity index (χ0v) is 16.3. The number of carbonyl (C=O) groups is 3. The minimum Gasteiger partial charge on any atom is -0.451 e. The Labute approximate surface area is 157 Å². The molecule has 1 aliphatic rings. The average molecular weight is 369 g/mol. The molecule has 26 heavy (non-hydrogen) atoms. The second kappa shape index (κ2) is 13.9. The van der Waals surface area contributed by atoms with Gasteiger partial charge in [0.1, 0.15) is 0 Å². The summed E-state index contributed by atoms with van der Waals surface area (Å²) in [7, 11) is 0. The maximum atomic E-state index is 12.0. The van der Waals surface area contributed by atoms with Crippen LogP contribution in [-0.4, -0.2) is 35.4 Å². The van der Waals surface area contributed by atoms with E-state index in [9.17, 15) is 14.4 Å². The molecule has 0 spiro atoms. The Bertz CT molecular complexity index is 432. The van der Waals surface area contributed by atoms with Crippen molar-refractivity contribution in [3.05, 3.63) is 0 Å². The number of ether oxygens (including phenoxy) is 1. The molecule has 1 fully saturated rings. The number of aliphatic hydroxyl groups excluding tert-OH is 1. The monoisotopic (exact) mass is 368 g/mol. The minimum atomic E-state index is -1.30. The second-order valence-electron chi connectivity index (χ2n) is 7.40. The van der Waals surface area contributed by atoms with Crippen LogP contribution in [0.4, 0.5) is 0 Å². The first-order valence-electron chi connectivity index (χ1n) is 10.5. The molecule has 0 bridgehead atoms. The zero-order valence-electron chi connectivity index (χ0n) is 16.3. The highest BCUT2D eigenvalue weighted by molar-refractivity contribution is 6.21. The number of rotatable bonds is 16. The Morgan fingerprint density at radius 1 is 0.846 bits per heavy atom. The van der Waals surface area contributed by atoms with Gasteiger partial charge in [0.25, 0.3) is 0 Å². The average Bonchev–Trinajstić information content (AvgIpc) is 2.92. The number of Topliss-reactive ketones (excluding diaryl/α,β-unsaturated/α-hetero) is 2. The van der Waals surface area contributed by atoms with E-state index in [0.29, 0.717) is 6.42 Å². The smallest absolute Gasteiger partial charge is 0.325 e. The molecule has 0 saturated carbocycles. The summed E-state index contributed by atoms with van der Waals surface area (Å²) in [6.07, 6.45) is 15.0. The van der Waals surface area contributed by atoms with Crippen molar-refractivity contribution < 1.29 is 24.2 Å². The molecule has 5 nitrogen and oxygen atoms in total. The highest BCUT2D eigenvalue weighted by Crippen LogP contribution is 2.21. The van der Waals surface area contributed by atoms with Gasteiger partial charge in [-0.2, -0.15) is 0 Å². The number of esters is 1. The van der Waals surface area contributed by atoms with Crippen molar-refractivity contribution in [2.75, 3.05) is 6.61 Å². The molecular formula is C21H36O5. The maximum absolute atomic E-state index is 12.0. The summed E-state index contributed by atoms with van der Waals surface area (Å²) in [6.45, 7) is 1.69. The van der Waals surface area contributed by atoms with Crippen molar-refractivity contribution in [3.63, 3.8) is 0 Å². The lowest BCUT2D eigenvalue weighted by molar-refractivity contribution is -0.147. The van der Waals surface area contributed by atoms with Crippen LogP contribution in [0.25, 0.3) is 0 Å². The van der Waals surface area contributed by atoms with Crippen LogP contribution in [0.2, 0.25) is 0 Å². The fourth-order valence-electron chi connectivity index (χ4n) is 3.45. The van der Waals surface area contributed by atoms with Crippen molar-refractivity contribution in [1.82, 2.24) is 0 Å². The molecule has 0 aromatic rings. The molecule has 1 N–H and O–H groups in total. The highest BCUT2D eigenvalue weighted by atomic mass is 16.6. The molecule has 1 rings (SSSR count). The fraction of sp³-hybridized carbons (Fsp3) is 0.857. The van der Waals surface area contributed by atoms with Gasteiger partial charge in [-0.3, -0.25) is 14.4 Å². The first kappa shape index (κ1) is 22.8. The first-order valence-corrected chi connectivity index (χ1v) is 10.5. The van der Waals surface area contributed by atoms with Gasteiger partial charge >= 0.3 is 5.97 Å². The summed E-state index contributed by atoms with van der Waals surface area (Å²) in [6, 6.07) is 0. The van der Waals surface area contributed by atoms with E-state index >= 15 is 0 Å². The van der Waals surface area contributed by atoms with E-state index in [1.165, 1.54) is 64.2 Å². The van der Waals surface area contributed by atoms with Crippen molar-refractivity contribution in [2.45, 2.75) is 103 Å². The molecule has 1 aliphatic heterocycles. The van der Waals surface area contributed by atoms with E-state index in [4.69, 9.17) is 9.84 Å². The predicted molar refractivity (Wildman–Crippen MR) is 101 cm³/mol. The van der Waals surface area contributed by atoms with Crippen LogP contribution in [0, 0.1) is 5.92 Å². The molecule has 150 valence electrons. The fourth-order valence-corrected chi connectivity index (χ4v) is 3.45. The van der Waals surface area contributed by atoms with Crippen molar-refractivity contribution >= 4 is 17.5 Å². The third kappa shape index (κ3) is 8.43. The Kier molecular flexibility index (Phi) is 12.2. The van der Waals surface area contributed by atoms with Crippen LogP contribution in [0.15, 0.2) is 0 Å². The largest absolute Gasteiger partial charge is 0.451 e. The van der Waals surface area contributed by atoms with Crippen LogP contribution in [-0.2, 0) is 19.1 Å². The van der Waals surface area contributed by atoms with Crippen LogP contribution >= 0.6 is 0 Å². The lowest BCUT2D eigenvalue weighted by atomic mass is 9.94. The maximum Gasteiger partial charge on any atom is 0.325 e. The minimum absolute atomic E-state index is 0.238. The second-order valence-corrected chi connectivity index (χ2v) is 7.40. The Morgan fingerprint density at radius 2 is 1.31 bits per heavy atom. The van der Waals surface area contributed by atoms with E-state index in [2.05, 4.69) is 6.92 Å². The number of ketones is 2. The highest BCUT2D eigenvalue weighted by Gasteiger charge is 2.46. The zero-order chi connectivity index (χ0) is 19.2. The molecule has 0 radical (unpaired) electrons. The molecule has 1 saturated heterocycles. The lowest BCUT2D eigenvalue weighted by Gasteiger charge is -2.05. The lowest BCUT2D eigenvalue weighted by Crippen LogP contribution is -2.29. The van der Waals surface area contributed by atoms with E-state index in [1.807, 2.05) is 0 Å². The molecule has 0 amide bonds. The number of aliphatic hydroxyl groups is 1. The quantitative estimate of drug-likeness (QED) is 0.252. The van der Waals surface area contributed by atoms with E-state index in [1.54, 1.807) is 0 Å². The SMILES string of the molecule is CCCCCCCCCCCCCCCC(=O)C1C(=O)OC(CO)C1=O. The number of cyclic esters (lactones) is 1. The van der Waals surface area contributed by atoms with E-state index < -0.39 is 30.4 Å². The van der Waals surface area contributed by atoms with Gasteiger partial charge < -0.3 is 9.84 Å². The summed E-state index contributed by atoms with van der Waals surface area (Å²) in [5, 5.41) is 8.94. The number of carbonyl (C=O) groups excluding carboxylic acids is 3. The topological polar surface area (TPSA) is 80.7 Å². The number of hydrogen-bond donors (Lipinski definition) is 1. The van der Waals surface area contributed by atoms with Crippen LogP contribution in [0.5, 0.6) is 0 Å². The molecule has 0 aromatic carbocycles. The normalized spacial score (nSPS) is 19.8. The third-order valence-corrected chi connectivity index (χ3v) is 5.11. The van der Waals surface area contributed by atoms with Crippen molar-refractivity contribution in [1.29, 1.82) is 0 Å². The van der Waals surface area contributed by atoms with Gasteiger partial charge in [0.05, 0.1) is 6.61 Å². The molecule has 5 heteroatoms. The summed E-state index contributed by atoms with van der Waals surface area (Å²) in [4.78, 5) is 35.4. The van der Waals surface area contributed by atoms with Crippen LogP contribution in [0.3, 0.4) is 0 Å². The standard InChI is InChI=1S/C21H36O5/c1-2-3-4-5-6-7-8-9-10-11-12-13-14-15-17(23)19-20(24)18(16-22)26-21(19)25/h18-19,22H,2-16H2,1H3. The van der Waals surface area contributed by atoms with Gasteiger partial charge in [-0.05, 0) is 6.42 Å². The molecule has 2 atom stereocenters. The van der Waals surface area contributed by atoms with Gasteiger partial charge in [-0.1, -0.05) is 84.0 Å². The number of hydrogen-bond acceptors (Lipinski definition) is 5. The Morgan fingerprint density at radius 3 is 1.73 bits per heavy atom. The molecule has 0 aliphatic carbocycles. The Hall–Kier alpha value is -1.23. The van der Waals surface area contributed by atoms with Crippen LogP contribution < -0.4 is 0 Å². The van der Waals surface area contributed by atoms with E-state index in [0.717, 1.165) is 12.8 Å². The van der Waals surface area contributed by atoms with E-state index in [-0.39, 0.29) is 12.2 Å². The molecule has 0 aromatic heterocycles. The van der Waals surface area contributed by atoms with Gasteiger partial charge in [0.2, 0.25) is 0 Å². The summed E-state index contributed by atoms with van der Waals surface area (Å²) in [5.74, 6) is -3.05. The summed E-state index contributed by atoms with van der Waals surface area (Å²) in [5.41, 5.74) is 0. The van der Waals surface area contributed by atoms with Crippen molar-refractivity contribution in [3.8, 4) is 0 Å². The van der Waals surface area contributed by atoms with Gasteiger partial charge in [0.15, 0.2) is 23.6 Å². The molecular weight excluding hydrogens is 332 g/mol. The number of unbranched alkanes of at least 4 members (excludes halogenated alkanes) is 12. The summed E-state index contributed by atoms with van der Waals surface area (Å²) < 4.78 is 4.72. The van der Waals surface area contributed by atoms with Gasteiger partial charge in [0, 0.05) is 6.42 Å². The predicted octanol–water partition coefficient (Wildman–Crippen LogP) is 4.14. The van der Waals surface area contributed by atoms with Crippen LogP contribution in [0.1, 0.15) is 96.8 Å². The van der Waals surface area contributed by atoms with Crippen molar-refractivity contribution in [2.24, 2.45) is 5.92 Å². The van der Waals surface area contributed by atoms with Gasteiger partial charge in [-0.15, -0.1) is 0 Å². The molecule has 1 heterocycles. The van der Waals surface area contributed by atoms with Gasteiger partial charge in [-0.25, -0.2) is 0 Å². The third-order valence-electron chi connectivity index (χ3n) is 5.11. The Balaban J connectivity index is 1.95.